The van der Waals surface area contributed by atoms with Crippen LogP contribution < -0.4 is 5.56 Å². The fraction of sp³-hybridized carbons (Fsp3) is 0.267. The van der Waals surface area contributed by atoms with E-state index in [-0.39, 0.29) is 10.8 Å². The molecule has 0 fully saturated rings. The minimum atomic E-state index is -0.324. The lowest BCUT2D eigenvalue weighted by molar-refractivity contribution is 0.630. The molecular weight excluding hydrogens is 326 g/mol. The highest BCUT2D eigenvalue weighted by Gasteiger charge is 2.22. The molecule has 0 saturated carbocycles. The van der Waals surface area contributed by atoms with Crippen molar-refractivity contribution in [1.82, 2.24) is 29.6 Å². The number of hydrogen-bond donors (Lipinski definition) is 0. The van der Waals surface area contributed by atoms with Crippen molar-refractivity contribution in [2.24, 2.45) is 7.05 Å². The van der Waals surface area contributed by atoms with E-state index in [9.17, 15) is 4.79 Å². The minimum absolute atomic E-state index is 0.222. The average Bonchev–Trinajstić information content (AvgIpc) is 3.11. The molecule has 2 aromatic heterocycles. The van der Waals surface area contributed by atoms with Crippen molar-refractivity contribution in [2.45, 2.75) is 24.3 Å². The molecule has 0 aliphatic rings. The fourth-order valence-corrected chi connectivity index (χ4v) is 3.06. The molecule has 8 nitrogen and oxygen atoms in total. The topological polar surface area (TPSA) is 94.3 Å². The summed E-state index contributed by atoms with van der Waals surface area (Å²) in [6.45, 7) is 3.59. The molecule has 0 amide bonds. The van der Waals surface area contributed by atoms with E-state index in [1.165, 1.54) is 16.4 Å². The van der Waals surface area contributed by atoms with E-state index in [0.29, 0.717) is 10.8 Å². The van der Waals surface area contributed by atoms with Gasteiger partial charge in [0.05, 0.1) is 22.7 Å². The average molecular weight is 341 g/mol. The molecule has 1 aromatic carbocycles. The molecule has 1 atom stereocenters. The molecule has 0 saturated heterocycles. The van der Waals surface area contributed by atoms with Crippen molar-refractivity contribution in [3.8, 4) is 17.4 Å². The summed E-state index contributed by atoms with van der Waals surface area (Å²) in [5, 5.41) is 20.6. The van der Waals surface area contributed by atoms with Gasteiger partial charge in [-0.05, 0) is 36.4 Å². The van der Waals surface area contributed by atoms with E-state index in [0.717, 1.165) is 11.4 Å². The number of rotatable bonds is 4. The van der Waals surface area contributed by atoms with Crippen LogP contribution in [0.25, 0.3) is 11.4 Å². The number of hydrogen-bond acceptors (Lipinski definition) is 6. The second-order valence-electron chi connectivity index (χ2n) is 5.17. The predicted octanol–water partition coefficient (Wildman–Crippen LogP) is 1.46. The molecule has 0 spiro atoms. The zero-order valence-corrected chi connectivity index (χ0v) is 14.2. The van der Waals surface area contributed by atoms with Gasteiger partial charge < -0.3 is 0 Å². The Labute approximate surface area is 142 Å². The molecule has 24 heavy (non-hydrogen) atoms. The zero-order valence-electron chi connectivity index (χ0n) is 13.4. The van der Waals surface area contributed by atoms with Crippen LogP contribution in [0.3, 0.4) is 0 Å². The van der Waals surface area contributed by atoms with Gasteiger partial charge in [0.1, 0.15) is 0 Å². The summed E-state index contributed by atoms with van der Waals surface area (Å²) in [4.78, 5) is 13.0. The third-order valence-corrected chi connectivity index (χ3v) is 4.56. The number of tetrazole rings is 1. The Hall–Kier alpha value is -2.86. The predicted molar refractivity (Wildman–Crippen MR) is 89.4 cm³/mol. The first-order chi connectivity index (χ1) is 11.5. The number of benzene rings is 1. The first kappa shape index (κ1) is 16.0. The van der Waals surface area contributed by atoms with Gasteiger partial charge in [-0.2, -0.15) is 9.94 Å². The monoisotopic (exact) mass is 341 g/mol. The van der Waals surface area contributed by atoms with Crippen molar-refractivity contribution in [3.63, 3.8) is 0 Å². The maximum atomic E-state index is 13.0. The smallest absolute Gasteiger partial charge is 0.283 e. The molecule has 0 radical (unpaired) electrons. The molecular formula is C15H15N7OS. The largest absolute Gasteiger partial charge is 0.297 e. The third kappa shape index (κ3) is 2.61. The molecule has 0 aliphatic carbocycles. The Balaban J connectivity index is 2.17. The van der Waals surface area contributed by atoms with E-state index in [1.807, 2.05) is 44.3 Å². The van der Waals surface area contributed by atoms with Crippen LogP contribution >= 0.6 is 11.8 Å². The van der Waals surface area contributed by atoms with E-state index in [1.54, 1.807) is 16.3 Å². The lowest BCUT2D eigenvalue weighted by atomic mass is 10.3. The van der Waals surface area contributed by atoms with Crippen LogP contribution in [-0.2, 0) is 7.05 Å². The zero-order chi connectivity index (χ0) is 17.3. The maximum absolute atomic E-state index is 13.0. The number of para-hydroxylation sites is 1. The van der Waals surface area contributed by atoms with Gasteiger partial charge in [0.15, 0.2) is 5.69 Å². The Morgan fingerprint density at radius 1 is 1.29 bits per heavy atom. The van der Waals surface area contributed by atoms with Gasteiger partial charge in [0.2, 0.25) is 5.16 Å². The normalized spacial score (nSPS) is 12.1. The van der Waals surface area contributed by atoms with Crippen LogP contribution in [0.15, 0.2) is 40.3 Å². The number of nitriles is 1. The van der Waals surface area contributed by atoms with Crippen LogP contribution in [0, 0.1) is 18.3 Å². The SMILES string of the molecule is Cc1c(-n2nnnc2SC(C)C#N)c(=O)n(-c2ccccc2)n1C. The molecule has 9 heteroatoms. The van der Waals surface area contributed by atoms with Gasteiger partial charge >= 0.3 is 0 Å². The Morgan fingerprint density at radius 3 is 2.67 bits per heavy atom. The van der Waals surface area contributed by atoms with E-state index in [4.69, 9.17) is 5.26 Å². The van der Waals surface area contributed by atoms with Gasteiger partial charge in [0, 0.05) is 7.05 Å². The van der Waals surface area contributed by atoms with E-state index in [2.05, 4.69) is 21.6 Å². The quantitative estimate of drug-likeness (QED) is 0.667. The van der Waals surface area contributed by atoms with Crippen molar-refractivity contribution < 1.29 is 0 Å². The van der Waals surface area contributed by atoms with Crippen molar-refractivity contribution in [3.05, 3.63) is 46.4 Å². The molecule has 0 N–H and O–H groups in total. The highest BCUT2D eigenvalue weighted by molar-refractivity contribution is 8.00. The first-order valence-corrected chi connectivity index (χ1v) is 8.11. The lowest BCUT2D eigenvalue weighted by Crippen LogP contribution is -2.22. The molecule has 0 aliphatic heterocycles. The number of aromatic nitrogens is 6. The van der Waals surface area contributed by atoms with Crippen LogP contribution in [0.1, 0.15) is 12.6 Å². The van der Waals surface area contributed by atoms with Crippen molar-refractivity contribution in [2.75, 3.05) is 0 Å². The first-order valence-electron chi connectivity index (χ1n) is 7.23. The maximum Gasteiger partial charge on any atom is 0.297 e. The summed E-state index contributed by atoms with van der Waals surface area (Å²) in [6.07, 6.45) is 0. The summed E-state index contributed by atoms with van der Waals surface area (Å²) in [5.74, 6) is 0. The highest BCUT2D eigenvalue weighted by atomic mass is 32.2. The lowest BCUT2D eigenvalue weighted by Gasteiger charge is -2.07. The van der Waals surface area contributed by atoms with Crippen LogP contribution in [-0.4, -0.2) is 34.8 Å². The van der Waals surface area contributed by atoms with E-state index >= 15 is 0 Å². The Kier molecular flexibility index (Phi) is 4.22. The molecule has 3 aromatic rings. The summed E-state index contributed by atoms with van der Waals surface area (Å²) in [7, 11) is 1.81. The number of thioether (sulfide) groups is 1. The van der Waals surface area contributed by atoms with Gasteiger partial charge in [-0.1, -0.05) is 30.0 Å². The summed E-state index contributed by atoms with van der Waals surface area (Å²) < 4.78 is 4.72. The highest BCUT2D eigenvalue weighted by Crippen LogP contribution is 2.23. The molecule has 1 unspecified atom stereocenters. The van der Waals surface area contributed by atoms with Crippen molar-refractivity contribution >= 4 is 11.8 Å². The second-order valence-corrected chi connectivity index (χ2v) is 6.48. The van der Waals surface area contributed by atoms with Gasteiger partial charge in [-0.15, -0.1) is 5.10 Å². The minimum Gasteiger partial charge on any atom is -0.283 e. The number of nitrogens with zero attached hydrogens (tertiary/aromatic N) is 7. The van der Waals surface area contributed by atoms with Gasteiger partial charge in [0.25, 0.3) is 5.56 Å². The molecule has 122 valence electrons. The van der Waals surface area contributed by atoms with Crippen LogP contribution in [0.2, 0.25) is 0 Å². The van der Waals surface area contributed by atoms with Gasteiger partial charge in [-0.25, -0.2) is 4.68 Å². The second kappa shape index (κ2) is 6.33. The standard InChI is InChI=1S/C15H15N7OS/c1-10(9-16)24-15-17-18-19-21(15)13-11(2)20(3)22(14(13)23)12-7-5-4-6-8-12/h4-8,10H,1-3H3. The summed E-state index contributed by atoms with van der Waals surface area (Å²) in [5.41, 5.74) is 1.63. The molecule has 0 bridgehead atoms. The van der Waals surface area contributed by atoms with Gasteiger partial charge in [-0.3, -0.25) is 9.48 Å². The molecule has 3 rings (SSSR count). The Morgan fingerprint density at radius 2 is 2.00 bits per heavy atom. The third-order valence-electron chi connectivity index (χ3n) is 3.64. The summed E-state index contributed by atoms with van der Waals surface area (Å²) in [6, 6.07) is 11.5. The van der Waals surface area contributed by atoms with Crippen LogP contribution in [0.5, 0.6) is 0 Å². The summed E-state index contributed by atoms with van der Waals surface area (Å²) >= 11 is 1.21. The molecule has 2 heterocycles. The van der Waals surface area contributed by atoms with E-state index < -0.39 is 0 Å². The van der Waals surface area contributed by atoms with Crippen LogP contribution in [0.4, 0.5) is 0 Å². The fourth-order valence-electron chi connectivity index (χ4n) is 2.38. The van der Waals surface area contributed by atoms with Crippen molar-refractivity contribution in [1.29, 1.82) is 5.26 Å². The Bertz CT molecular complexity index is 964.